The van der Waals surface area contributed by atoms with E-state index in [4.69, 9.17) is 4.74 Å². The summed E-state index contributed by atoms with van der Waals surface area (Å²) in [6, 6.07) is 14.5. The van der Waals surface area contributed by atoms with Crippen molar-refractivity contribution in [1.82, 2.24) is 9.80 Å². The topological polar surface area (TPSA) is 35.9 Å². The second-order valence-electron chi connectivity index (χ2n) is 7.35. The Balaban J connectivity index is 1.56. The summed E-state index contributed by atoms with van der Waals surface area (Å²) in [6.07, 6.45) is -5.16. The van der Waals surface area contributed by atoms with E-state index in [0.29, 0.717) is 25.3 Å². The van der Waals surface area contributed by atoms with E-state index in [0.717, 1.165) is 37.5 Å². The third-order valence-corrected chi connectivity index (χ3v) is 5.23. The molecule has 0 bridgehead atoms. The van der Waals surface area contributed by atoms with Gasteiger partial charge in [-0.25, -0.2) is 0 Å². The standard InChI is InChI=1S/C22H27F3N2O2/c1-17(28)21(18-6-5-7-19(16-18)22(23,24)25)27-12-10-26(11-13-27)14-15-29-20-8-3-2-4-9-20/h2-9,16-17,21,28H,10-15H2,1H3. The number of benzene rings is 2. The van der Waals surface area contributed by atoms with E-state index in [2.05, 4.69) is 9.80 Å². The Bertz CT molecular complexity index is 760. The van der Waals surface area contributed by atoms with Gasteiger partial charge in [-0.2, -0.15) is 13.2 Å². The molecule has 0 radical (unpaired) electrons. The molecule has 1 aliphatic heterocycles. The summed E-state index contributed by atoms with van der Waals surface area (Å²) in [4.78, 5) is 4.33. The fourth-order valence-corrected chi connectivity index (χ4v) is 3.77. The number of hydrogen-bond donors (Lipinski definition) is 1. The number of piperazine rings is 1. The second-order valence-corrected chi connectivity index (χ2v) is 7.35. The van der Waals surface area contributed by atoms with Gasteiger partial charge in [-0.3, -0.25) is 9.80 Å². The summed E-state index contributed by atoms with van der Waals surface area (Å²) in [5.41, 5.74) is -0.187. The lowest BCUT2D eigenvalue weighted by atomic mass is 9.97. The number of aliphatic hydroxyl groups is 1. The molecule has 0 amide bonds. The van der Waals surface area contributed by atoms with Crippen LogP contribution >= 0.6 is 0 Å². The molecule has 7 heteroatoms. The van der Waals surface area contributed by atoms with Crippen molar-refractivity contribution in [2.75, 3.05) is 39.3 Å². The van der Waals surface area contributed by atoms with Crippen LogP contribution in [0.1, 0.15) is 24.1 Å². The summed E-state index contributed by atoms with van der Waals surface area (Å²) in [5, 5.41) is 10.3. The van der Waals surface area contributed by atoms with Gasteiger partial charge in [0.25, 0.3) is 0 Å². The SMILES string of the molecule is CC(O)C(c1cccc(C(F)(F)F)c1)N1CCN(CCOc2ccccc2)CC1. The van der Waals surface area contributed by atoms with Crippen LogP contribution in [0.5, 0.6) is 5.75 Å². The molecule has 3 rings (SSSR count). The lowest BCUT2D eigenvalue weighted by molar-refractivity contribution is -0.137. The van der Waals surface area contributed by atoms with Crippen LogP contribution in [0.4, 0.5) is 13.2 Å². The molecular formula is C22H27F3N2O2. The number of ether oxygens (including phenoxy) is 1. The van der Waals surface area contributed by atoms with Gasteiger partial charge in [0.05, 0.1) is 17.7 Å². The molecule has 0 aromatic heterocycles. The van der Waals surface area contributed by atoms with Gasteiger partial charge in [0.2, 0.25) is 0 Å². The third-order valence-electron chi connectivity index (χ3n) is 5.23. The highest BCUT2D eigenvalue weighted by Gasteiger charge is 2.33. The molecule has 4 nitrogen and oxygen atoms in total. The molecule has 1 saturated heterocycles. The zero-order chi connectivity index (χ0) is 20.9. The van der Waals surface area contributed by atoms with Crippen molar-refractivity contribution >= 4 is 0 Å². The molecule has 158 valence electrons. The zero-order valence-electron chi connectivity index (χ0n) is 16.5. The molecule has 0 spiro atoms. The Kier molecular flexibility index (Phi) is 7.16. The van der Waals surface area contributed by atoms with E-state index in [-0.39, 0.29) is 0 Å². The highest BCUT2D eigenvalue weighted by Crippen LogP contribution is 2.33. The average molecular weight is 408 g/mol. The van der Waals surface area contributed by atoms with Crippen LogP contribution in [0, 0.1) is 0 Å². The smallest absolute Gasteiger partial charge is 0.416 e. The molecule has 29 heavy (non-hydrogen) atoms. The van der Waals surface area contributed by atoms with Crippen molar-refractivity contribution < 1.29 is 23.0 Å². The van der Waals surface area contributed by atoms with E-state index in [9.17, 15) is 18.3 Å². The molecule has 1 aliphatic rings. The Morgan fingerprint density at radius 2 is 1.69 bits per heavy atom. The van der Waals surface area contributed by atoms with Gasteiger partial charge in [0.15, 0.2) is 0 Å². The Morgan fingerprint density at radius 3 is 2.31 bits per heavy atom. The molecule has 2 aromatic carbocycles. The van der Waals surface area contributed by atoms with Crippen LogP contribution in [0.2, 0.25) is 0 Å². The summed E-state index contributed by atoms with van der Waals surface area (Å²) >= 11 is 0. The monoisotopic (exact) mass is 408 g/mol. The van der Waals surface area contributed by atoms with E-state index in [1.807, 2.05) is 30.3 Å². The minimum atomic E-state index is -4.39. The van der Waals surface area contributed by atoms with E-state index in [1.165, 1.54) is 6.07 Å². The number of para-hydroxylation sites is 1. The summed E-state index contributed by atoms with van der Waals surface area (Å²) in [6.45, 7) is 5.91. The number of aliphatic hydroxyl groups excluding tert-OH is 1. The average Bonchev–Trinajstić information content (AvgIpc) is 2.69. The van der Waals surface area contributed by atoms with Gasteiger partial charge in [-0.15, -0.1) is 0 Å². The number of halogens is 3. The first-order valence-electron chi connectivity index (χ1n) is 9.84. The van der Waals surface area contributed by atoms with Gasteiger partial charge in [0.1, 0.15) is 12.4 Å². The Hall–Kier alpha value is -2.09. The summed E-state index contributed by atoms with van der Waals surface area (Å²) in [5.74, 6) is 0.838. The molecule has 1 heterocycles. The van der Waals surface area contributed by atoms with Gasteiger partial charge in [0, 0.05) is 32.7 Å². The highest BCUT2D eigenvalue weighted by atomic mass is 19.4. The lowest BCUT2D eigenvalue weighted by Gasteiger charge is -2.40. The highest BCUT2D eigenvalue weighted by molar-refractivity contribution is 5.29. The van der Waals surface area contributed by atoms with Crippen molar-refractivity contribution in [3.63, 3.8) is 0 Å². The first-order valence-corrected chi connectivity index (χ1v) is 9.84. The molecule has 2 unspecified atom stereocenters. The number of rotatable bonds is 7. The maximum atomic E-state index is 13.1. The van der Waals surface area contributed by atoms with Gasteiger partial charge in [-0.1, -0.05) is 30.3 Å². The van der Waals surface area contributed by atoms with Gasteiger partial charge >= 0.3 is 6.18 Å². The maximum absolute atomic E-state index is 13.1. The van der Waals surface area contributed by atoms with Crippen molar-refractivity contribution in [2.24, 2.45) is 0 Å². The second kappa shape index (κ2) is 9.61. The van der Waals surface area contributed by atoms with Gasteiger partial charge < -0.3 is 9.84 Å². The number of nitrogens with zero attached hydrogens (tertiary/aromatic N) is 2. The molecule has 0 saturated carbocycles. The summed E-state index contributed by atoms with van der Waals surface area (Å²) < 4.78 is 45.0. The van der Waals surface area contributed by atoms with Crippen LogP contribution in [0.3, 0.4) is 0 Å². The number of hydrogen-bond acceptors (Lipinski definition) is 4. The Labute approximate surface area is 169 Å². The Morgan fingerprint density at radius 1 is 1.00 bits per heavy atom. The molecule has 1 N–H and O–H groups in total. The fourth-order valence-electron chi connectivity index (χ4n) is 3.77. The molecular weight excluding hydrogens is 381 g/mol. The zero-order valence-corrected chi connectivity index (χ0v) is 16.5. The normalized spacial score (nSPS) is 18.4. The first-order chi connectivity index (χ1) is 13.8. The minimum absolute atomic E-state index is 0.458. The fraction of sp³-hybridized carbons (Fsp3) is 0.455. The lowest BCUT2D eigenvalue weighted by Crippen LogP contribution is -2.50. The van der Waals surface area contributed by atoms with Crippen molar-refractivity contribution in [1.29, 1.82) is 0 Å². The predicted molar refractivity (Wildman–Crippen MR) is 106 cm³/mol. The third kappa shape index (κ3) is 5.95. The quantitative estimate of drug-likeness (QED) is 0.756. The summed E-state index contributed by atoms with van der Waals surface area (Å²) in [7, 11) is 0. The predicted octanol–water partition coefficient (Wildman–Crippen LogP) is 3.82. The maximum Gasteiger partial charge on any atom is 0.416 e. The number of alkyl halides is 3. The molecule has 0 aliphatic carbocycles. The first kappa shape index (κ1) is 21.6. The van der Waals surface area contributed by atoms with Crippen molar-refractivity contribution in [3.8, 4) is 5.75 Å². The van der Waals surface area contributed by atoms with E-state index >= 15 is 0 Å². The molecule has 2 aromatic rings. The van der Waals surface area contributed by atoms with E-state index < -0.39 is 23.9 Å². The van der Waals surface area contributed by atoms with Crippen LogP contribution in [0.25, 0.3) is 0 Å². The largest absolute Gasteiger partial charge is 0.492 e. The van der Waals surface area contributed by atoms with Crippen LogP contribution in [-0.4, -0.2) is 60.3 Å². The van der Waals surface area contributed by atoms with E-state index in [1.54, 1.807) is 13.0 Å². The molecule has 2 atom stereocenters. The van der Waals surface area contributed by atoms with Crippen LogP contribution in [0.15, 0.2) is 54.6 Å². The minimum Gasteiger partial charge on any atom is -0.492 e. The van der Waals surface area contributed by atoms with Crippen LogP contribution < -0.4 is 4.74 Å². The van der Waals surface area contributed by atoms with Crippen molar-refractivity contribution in [3.05, 3.63) is 65.7 Å². The van der Waals surface area contributed by atoms with Crippen LogP contribution in [-0.2, 0) is 6.18 Å². The van der Waals surface area contributed by atoms with Gasteiger partial charge in [-0.05, 0) is 36.8 Å². The molecule has 1 fully saturated rings. The van der Waals surface area contributed by atoms with Crippen molar-refractivity contribution in [2.45, 2.75) is 25.2 Å².